The van der Waals surface area contributed by atoms with Crippen molar-refractivity contribution in [2.45, 2.75) is 84.6 Å². The summed E-state index contributed by atoms with van der Waals surface area (Å²) in [5.41, 5.74) is 0. The van der Waals surface area contributed by atoms with Gasteiger partial charge in [0.2, 0.25) is 17.7 Å². The summed E-state index contributed by atoms with van der Waals surface area (Å²) in [7, 11) is 0. The van der Waals surface area contributed by atoms with Gasteiger partial charge in [-0.1, -0.05) is 32.9 Å². The van der Waals surface area contributed by atoms with E-state index in [0.717, 1.165) is 38.8 Å². The van der Waals surface area contributed by atoms with Crippen molar-refractivity contribution in [1.82, 2.24) is 20.4 Å². The van der Waals surface area contributed by atoms with Crippen molar-refractivity contribution in [3.05, 3.63) is 11.7 Å². The average Bonchev–Trinajstić information content (AvgIpc) is 3.12. The minimum Gasteiger partial charge on any atom is -0.353 e. The SMILES string of the molecule is CCC(CC)C(=O)N1CCC(NC(=O)CCCc2nc(C(C)C)no2)CC1. The molecule has 1 aromatic heterocycles. The van der Waals surface area contributed by atoms with Crippen molar-refractivity contribution in [3.63, 3.8) is 0 Å². The van der Waals surface area contributed by atoms with Crippen LogP contribution in [0, 0.1) is 5.92 Å². The number of hydrogen-bond donors (Lipinski definition) is 1. The van der Waals surface area contributed by atoms with E-state index in [1.165, 1.54) is 0 Å². The normalized spacial score (nSPS) is 15.6. The number of aryl methyl sites for hydroxylation is 1. The van der Waals surface area contributed by atoms with E-state index < -0.39 is 0 Å². The monoisotopic (exact) mass is 378 g/mol. The van der Waals surface area contributed by atoms with Crippen LogP contribution in [0.25, 0.3) is 0 Å². The smallest absolute Gasteiger partial charge is 0.226 e. The third-order valence-electron chi connectivity index (χ3n) is 5.30. The van der Waals surface area contributed by atoms with Crippen molar-refractivity contribution >= 4 is 11.8 Å². The maximum Gasteiger partial charge on any atom is 0.226 e. The molecule has 7 heteroatoms. The van der Waals surface area contributed by atoms with Crippen molar-refractivity contribution in [1.29, 1.82) is 0 Å². The highest BCUT2D eigenvalue weighted by molar-refractivity contribution is 5.79. The van der Waals surface area contributed by atoms with Crippen LogP contribution in [-0.2, 0) is 16.0 Å². The van der Waals surface area contributed by atoms with E-state index in [1.54, 1.807) is 0 Å². The molecule has 1 fully saturated rings. The molecule has 7 nitrogen and oxygen atoms in total. The van der Waals surface area contributed by atoms with Gasteiger partial charge >= 0.3 is 0 Å². The van der Waals surface area contributed by atoms with E-state index in [1.807, 2.05) is 18.7 Å². The third-order valence-corrected chi connectivity index (χ3v) is 5.30. The average molecular weight is 379 g/mol. The summed E-state index contributed by atoms with van der Waals surface area (Å²) < 4.78 is 5.20. The molecule has 1 N–H and O–H groups in total. The number of aromatic nitrogens is 2. The summed E-state index contributed by atoms with van der Waals surface area (Å²) in [6, 6.07) is 0.166. The molecule has 0 radical (unpaired) electrons. The molecule has 2 amide bonds. The summed E-state index contributed by atoms with van der Waals surface area (Å²) in [5, 5.41) is 7.04. The van der Waals surface area contributed by atoms with Crippen molar-refractivity contribution in [3.8, 4) is 0 Å². The zero-order chi connectivity index (χ0) is 19.8. The zero-order valence-electron chi connectivity index (χ0n) is 17.2. The first-order valence-electron chi connectivity index (χ1n) is 10.3. The molecule has 2 rings (SSSR count). The van der Waals surface area contributed by atoms with Gasteiger partial charge in [0.1, 0.15) is 0 Å². The van der Waals surface area contributed by atoms with Gasteiger partial charge in [0.25, 0.3) is 0 Å². The van der Waals surface area contributed by atoms with Gasteiger partial charge in [-0.15, -0.1) is 0 Å². The van der Waals surface area contributed by atoms with Crippen LogP contribution in [0.5, 0.6) is 0 Å². The lowest BCUT2D eigenvalue weighted by Crippen LogP contribution is -2.48. The van der Waals surface area contributed by atoms with Gasteiger partial charge < -0.3 is 14.7 Å². The first-order chi connectivity index (χ1) is 12.9. The standard InChI is InChI=1S/C20H34N4O3/c1-5-15(6-2)20(26)24-12-10-16(11-13-24)21-17(25)8-7-9-18-22-19(14(3)4)23-27-18/h14-16H,5-13H2,1-4H3,(H,21,25). The van der Waals surface area contributed by atoms with Crippen LogP contribution in [0.4, 0.5) is 0 Å². The Bertz CT molecular complexity index is 602. The summed E-state index contributed by atoms with van der Waals surface area (Å²) >= 11 is 0. The van der Waals surface area contributed by atoms with E-state index in [2.05, 4.69) is 29.3 Å². The molecule has 152 valence electrons. The van der Waals surface area contributed by atoms with Crippen LogP contribution in [0.3, 0.4) is 0 Å². The zero-order valence-corrected chi connectivity index (χ0v) is 17.2. The number of nitrogens with one attached hydrogen (secondary N) is 1. The predicted octanol–water partition coefficient (Wildman–Crippen LogP) is 3.06. The minimum absolute atomic E-state index is 0.0587. The van der Waals surface area contributed by atoms with Crippen LogP contribution < -0.4 is 5.32 Å². The largest absolute Gasteiger partial charge is 0.353 e. The Morgan fingerprint density at radius 1 is 1.22 bits per heavy atom. The molecule has 0 aliphatic carbocycles. The summed E-state index contributed by atoms with van der Waals surface area (Å²) in [6.45, 7) is 9.64. The Balaban J connectivity index is 1.66. The van der Waals surface area contributed by atoms with Crippen molar-refractivity contribution in [2.24, 2.45) is 5.92 Å². The molecule has 1 aliphatic heterocycles. The number of amides is 2. The first kappa shape index (κ1) is 21.4. The summed E-state index contributed by atoms with van der Waals surface area (Å²) in [4.78, 5) is 30.9. The van der Waals surface area contributed by atoms with Crippen molar-refractivity contribution < 1.29 is 14.1 Å². The molecule has 0 spiro atoms. The summed E-state index contributed by atoms with van der Waals surface area (Å²) in [5.74, 6) is 2.02. The number of piperidine rings is 1. The molecular weight excluding hydrogens is 344 g/mol. The van der Waals surface area contributed by atoms with Crippen molar-refractivity contribution in [2.75, 3.05) is 13.1 Å². The van der Waals surface area contributed by atoms with Gasteiger partial charge in [0.05, 0.1) is 0 Å². The highest BCUT2D eigenvalue weighted by atomic mass is 16.5. The Hall–Kier alpha value is -1.92. The molecule has 27 heavy (non-hydrogen) atoms. The van der Waals surface area contributed by atoms with Gasteiger partial charge in [-0.3, -0.25) is 9.59 Å². The number of likely N-dealkylation sites (tertiary alicyclic amines) is 1. The lowest BCUT2D eigenvalue weighted by Gasteiger charge is -2.34. The molecule has 0 saturated carbocycles. The molecule has 1 aromatic rings. The number of carbonyl (C=O) groups is 2. The molecule has 0 unspecified atom stereocenters. The fourth-order valence-electron chi connectivity index (χ4n) is 3.44. The lowest BCUT2D eigenvalue weighted by molar-refractivity contribution is -0.137. The minimum atomic E-state index is 0.0587. The molecule has 0 atom stereocenters. The second-order valence-corrected chi connectivity index (χ2v) is 7.74. The topological polar surface area (TPSA) is 88.3 Å². The maximum absolute atomic E-state index is 12.4. The summed E-state index contributed by atoms with van der Waals surface area (Å²) in [6.07, 6.45) is 5.22. The van der Waals surface area contributed by atoms with Gasteiger partial charge in [-0.25, -0.2) is 0 Å². The van der Waals surface area contributed by atoms with Gasteiger partial charge in [-0.2, -0.15) is 4.98 Å². The fourth-order valence-corrected chi connectivity index (χ4v) is 3.44. The van der Waals surface area contributed by atoms with Crippen LogP contribution in [-0.4, -0.2) is 46.0 Å². The quantitative estimate of drug-likeness (QED) is 0.713. The first-order valence-corrected chi connectivity index (χ1v) is 10.3. The van der Waals surface area contributed by atoms with Crippen LogP contribution in [0.2, 0.25) is 0 Å². The highest BCUT2D eigenvalue weighted by Crippen LogP contribution is 2.17. The van der Waals surface area contributed by atoms with Crippen LogP contribution >= 0.6 is 0 Å². The van der Waals surface area contributed by atoms with E-state index >= 15 is 0 Å². The number of nitrogens with zero attached hydrogens (tertiary/aromatic N) is 3. The molecule has 0 aromatic carbocycles. The van der Waals surface area contributed by atoms with Gasteiger partial charge in [0, 0.05) is 43.8 Å². The number of hydrogen-bond acceptors (Lipinski definition) is 5. The molecule has 1 saturated heterocycles. The van der Waals surface area contributed by atoms with Gasteiger partial charge in [0.15, 0.2) is 5.82 Å². The van der Waals surface area contributed by atoms with E-state index in [0.29, 0.717) is 31.0 Å². The maximum atomic E-state index is 12.4. The van der Waals surface area contributed by atoms with Crippen LogP contribution in [0.15, 0.2) is 4.52 Å². The second-order valence-electron chi connectivity index (χ2n) is 7.74. The molecule has 0 bridgehead atoms. The molecular formula is C20H34N4O3. The van der Waals surface area contributed by atoms with E-state index in [4.69, 9.17) is 4.52 Å². The Kier molecular flexibility index (Phi) is 8.25. The molecule has 1 aliphatic rings. The van der Waals surface area contributed by atoms with E-state index in [9.17, 15) is 9.59 Å². The third kappa shape index (κ3) is 6.33. The highest BCUT2D eigenvalue weighted by Gasteiger charge is 2.27. The Morgan fingerprint density at radius 3 is 2.44 bits per heavy atom. The number of rotatable bonds is 9. The van der Waals surface area contributed by atoms with Gasteiger partial charge in [-0.05, 0) is 32.1 Å². The number of carbonyl (C=O) groups excluding carboxylic acids is 2. The fraction of sp³-hybridized carbons (Fsp3) is 0.800. The Labute approximate surface area is 162 Å². The Morgan fingerprint density at radius 2 is 1.89 bits per heavy atom. The van der Waals surface area contributed by atoms with Crippen LogP contribution in [0.1, 0.15) is 83.9 Å². The molecule has 2 heterocycles. The second kappa shape index (κ2) is 10.4. The predicted molar refractivity (Wildman–Crippen MR) is 103 cm³/mol. The van der Waals surface area contributed by atoms with E-state index in [-0.39, 0.29) is 29.7 Å². The lowest BCUT2D eigenvalue weighted by atomic mass is 9.98.